The molecule has 9 nitrogen and oxygen atoms in total. The predicted octanol–water partition coefficient (Wildman–Crippen LogP) is 3.55. The number of nitrogens with one attached hydrogen (secondary N) is 1. The van der Waals surface area contributed by atoms with E-state index in [9.17, 15) is 18.8 Å². The summed E-state index contributed by atoms with van der Waals surface area (Å²) in [5, 5.41) is 12.4. The van der Waals surface area contributed by atoms with E-state index < -0.39 is 23.2 Å². The van der Waals surface area contributed by atoms with Gasteiger partial charge in [-0.05, 0) is 41.9 Å². The Bertz CT molecular complexity index is 1520. The van der Waals surface area contributed by atoms with E-state index in [-0.39, 0.29) is 39.6 Å². The Morgan fingerprint density at radius 1 is 1.24 bits per heavy atom. The van der Waals surface area contributed by atoms with Crippen LogP contribution in [0.5, 0.6) is 0 Å². The second kappa shape index (κ2) is 8.51. The molecule has 3 N–H and O–H groups in total. The number of nitriles is 1. The maximum absolute atomic E-state index is 14.6. The SMILES string of the molecule is Cc1nc(N)c(C#N)c(N[C@@H](C)c2nc3c(F)ccc(Br)c3c(=O)n2-c2cncc(F)c2)n1. The summed E-state index contributed by atoms with van der Waals surface area (Å²) >= 11 is 3.26. The van der Waals surface area contributed by atoms with Crippen molar-refractivity contribution in [3.8, 4) is 11.8 Å². The number of nitrogens with zero attached hydrogens (tertiary/aromatic N) is 6. The number of hydrogen-bond donors (Lipinski definition) is 2. The molecule has 0 aliphatic heterocycles. The number of aryl methyl sites for hydroxylation is 1. The van der Waals surface area contributed by atoms with Gasteiger partial charge in [-0.1, -0.05) is 0 Å². The number of halogens is 3. The van der Waals surface area contributed by atoms with Gasteiger partial charge >= 0.3 is 0 Å². The summed E-state index contributed by atoms with van der Waals surface area (Å²) in [6, 6.07) is 4.81. The minimum absolute atomic E-state index is 0.00323. The fraction of sp³-hybridized carbons (Fsp3) is 0.143. The van der Waals surface area contributed by atoms with Crippen LogP contribution in [0.3, 0.4) is 0 Å². The molecular formula is C21H15BrF2N8O. The normalized spacial score (nSPS) is 11.9. The average molecular weight is 513 g/mol. The van der Waals surface area contributed by atoms with Crippen molar-refractivity contribution in [2.24, 2.45) is 0 Å². The number of rotatable bonds is 4. The van der Waals surface area contributed by atoms with E-state index in [0.29, 0.717) is 10.3 Å². The van der Waals surface area contributed by atoms with E-state index in [1.165, 1.54) is 18.3 Å². The van der Waals surface area contributed by atoms with E-state index in [4.69, 9.17) is 5.73 Å². The first-order valence-corrected chi connectivity index (χ1v) is 10.3. The fourth-order valence-corrected chi connectivity index (χ4v) is 3.87. The molecule has 166 valence electrons. The summed E-state index contributed by atoms with van der Waals surface area (Å²) in [5.74, 6) is -0.931. The standard InChI is InChI=1S/C21H15BrF2N8O/c1-9(28-19-13(6-25)18(26)29-10(2)30-19)20-31-17-15(24)4-3-14(22)16(17)21(33)32(20)12-5-11(23)7-27-8-12/h3-5,7-9H,1-2H3,(H3,26,28,29,30)/t9-/m0/s1. The summed E-state index contributed by atoms with van der Waals surface area (Å²) in [7, 11) is 0. The van der Waals surface area contributed by atoms with Crippen molar-refractivity contribution in [2.45, 2.75) is 19.9 Å². The van der Waals surface area contributed by atoms with Gasteiger partial charge in [0, 0.05) is 10.5 Å². The van der Waals surface area contributed by atoms with E-state index in [1.54, 1.807) is 13.8 Å². The third-order valence-electron chi connectivity index (χ3n) is 4.80. The smallest absolute Gasteiger partial charge is 0.267 e. The quantitative estimate of drug-likeness (QED) is 0.423. The molecule has 0 aliphatic rings. The van der Waals surface area contributed by atoms with Gasteiger partial charge < -0.3 is 11.1 Å². The highest BCUT2D eigenvalue weighted by Gasteiger charge is 2.23. The van der Waals surface area contributed by atoms with Gasteiger partial charge in [-0.3, -0.25) is 14.3 Å². The Morgan fingerprint density at radius 2 is 2.00 bits per heavy atom. The lowest BCUT2D eigenvalue weighted by atomic mass is 10.2. The summed E-state index contributed by atoms with van der Waals surface area (Å²) in [5.41, 5.74) is 5.12. The molecule has 0 saturated heterocycles. The van der Waals surface area contributed by atoms with E-state index in [2.05, 4.69) is 41.2 Å². The second-order valence-corrected chi connectivity index (χ2v) is 7.94. The number of pyridine rings is 1. The molecule has 3 aromatic heterocycles. The molecule has 1 aromatic carbocycles. The molecule has 33 heavy (non-hydrogen) atoms. The van der Waals surface area contributed by atoms with Crippen LogP contribution in [0.4, 0.5) is 20.4 Å². The molecule has 0 spiro atoms. The van der Waals surface area contributed by atoms with Crippen LogP contribution in [0.25, 0.3) is 16.6 Å². The maximum atomic E-state index is 14.6. The van der Waals surface area contributed by atoms with E-state index in [0.717, 1.165) is 16.8 Å². The predicted molar refractivity (Wildman–Crippen MR) is 121 cm³/mol. The number of fused-ring (bicyclic) bond motifs is 1. The van der Waals surface area contributed by atoms with Crippen LogP contribution in [-0.2, 0) is 0 Å². The fourth-order valence-electron chi connectivity index (χ4n) is 3.38. The Kier molecular flexibility index (Phi) is 5.73. The number of benzene rings is 1. The Balaban J connectivity index is 1.99. The average Bonchev–Trinajstić information content (AvgIpc) is 2.75. The molecule has 0 bridgehead atoms. The summed E-state index contributed by atoms with van der Waals surface area (Å²) < 4.78 is 30.0. The largest absolute Gasteiger partial charge is 0.382 e. The molecule has 12 heteroatoms. The zero-order valence-electron chi connectivity index (χ0n) is 17.3. The van der Waals surface area contributed by atoms with Crippen molar-refractivity contribution in [3.63, 3.8) is 0 Å². The van der Waals surface area contributed by atoms with E-state index in [1.807, 2.05) is 6.07 Å². The van der Waals surface area contributed by atoms with Gasteiger partial charge in [-0.25, -0.2) is 23.7 Å². The highest BCUT2D eigenvalue weighted by molar-refractivity contribution is 9.10. The minimum atomic E-state index is -0.801. The third-order valence-corrected chi connectivity index (χ3v) is 5.46. The molecule has 0 unspecified atom stereocenters. The number of nitrogens with two attached hydrogens (primary N) is 1. The van der Waals surface area contributed by atoms with Gasteiger partial charge in [-0.15, -0.1) is 0 Å². The van der Waals surface area contributed by atoms with Crippen LogP contribution in [0.2, 0.25) is 0 Å². The van der Waals surface area contributed by atoms with Gasteiger partial charge in [0.25, 0.3) is 5.56 Å². The molecular weight excluding hydrogens is 498 g/mol. The first-order valence-electron chi connectivity index (χ1n) is 9.53. The van der Waals surface area contributed by atoms with Gasteiger partial charge in [-0.2, -0.15) is 5.26 Å². The van der Waals surface area contributed by atoms with Crippen molar-refractivity contribution in [2.75, 3.05) is 11.1 Å². The molecule has 0 fully saturated rings. The van der Waals surface area contributed by atoms with Crippen LogP contribution < -0.4 is 16.6 Å². The van der Waals surface area contributed by atoms with Crippen molar-refractivity contribution in [1.82, 2.24) is 24.5 Å². The lowest BCUT2D eigenvalue weighted by Gasteiger charge is -2.21. The van der Waals surface area contributed by atoms with Crippen molar-refractivity contribution >= 4 is 38.5 Å². The second-order valence-electron chi connectivity index (χ2n) is 7.08. The molecule has 1 atom stereocenters. The van der Waals surface area contributed by atoms with Gasteiger partial charge in [0.15, 0.2) is 5.82 Å². The first kappa shape index (κ1) is 22.2. The molecule has 4 rings (SSSR count). The third kappa shape index (κ3) is 3.98. The monoisotopic (exact) mass is 512 g/mol. The highest BCUT2D eigenvalue weighted by Crippen LogP contribution is 2.27. The highest BCUT2D eigenvalue weighted by atomic mass is 79.9. The van der Waals surface area contributed by atoms with Crippen molar-refractivity contribution < 1.29 is 8.78 Å². The lowest BCUT2D eigenvalue weighted by molar-refractivity contribution is 0.616. The van der Waals surface area contributed by atoms with Crippen LogP contribution in [0.15, 0.2) is 39.9 Å². The van der Waals surface area contributed by atoms with Crippen molar-refractivity contribution in [3.05, 3.63) is 74.3 Å². The lowest BCUT2D eigenvalue weighted by Crippen LogP contribution is -2.28. The Labute approximate surface area is 194 Å². The zero-order valence-corrected chi connectivity index (χ0v) is 18.9. The minimum Gasteiger partial charge on any atom is -0.382 e. The van der Waals surface area contributed by atoms with Gasteiger partial charge in [0.2, 0.25) is 0 Å². The van der Waals surface area contributed by atoms with Gasteiger partial charge in [0.05, 0.1) is 29.5 Å². The van der Waals surface area contributed by atoms with Crippen LogP contribution in [0.1, 0.15) is 30.2 Å². The summed E-state index contributed by atoms with van der Waals surface area (Å²) in [6.07, 6.45) is 2.28. The maximum Gasteiger partial charge on any atom is 0.267 e. The molecule has 4 aromatic rings. The zero-order chi connectivity index (χ0) is 23.9. The number of anilines is 2. The number of aromatic nitrogens is 5. The Morgan fingerprint density at radius 3 is 2.70 bits per heavy atom. The molecule has 0 radical (unpaired) electrons. The first-order chi connectivity index (χ1) is 15.7. The Hall–Kier alpha value is -3.98. The molecule has 3 heterocycles. The van der Waals surface area contributed by atoms with Crippen LogP contribution in [-0.4, -0.2) is 24.5 Å². The number of nitrogen functional groups attached to an aromatic ring is 1. The van der Waals surface area contributed by atoms with E-state index >= 15 is 0 Å². The molecule has 0 amide bonds. The van der Waals surface area contributed by atoms with Gasteiger partial charge in [0.1, 0.15) is 46.3 Å². The topological polar surface area (TPSA) is 135 Å². The number of hydrogen-bond acceptors (Lipinski definition) is 8. The van der Waals surface area contributed by atoms with Crippen LogP contribution in [0, 0.1) is 29.9 Å². The summed E-state index contributed by atoms with van der Waals surface area (Å²) in [4.78, 5) is 29.8. The van der Waals surface area contributed by atoms with Crippen LogP contribution >= 0.6 is 15.9 Å². The van der Waals surface area contributed by atoms with Crippen molar-refractivity contribution in [1.29, 1.82) is 5.26 Å². The molecule has 0 saturated carbocycles. The molecule has 0 aliphatic carbocycles. The summed E-state index contributed by atoms with van der Waals surface area (Å²) in [6.45, 7) is 3.23.